The summed E-state index contributed by atoms with van der Waals surface area (Å²) < 4.78 is 6.31. The highest BCUT2D eigenvalue weighted by atomic mass is 16.3. The van der Waals surface area contributed by atoms with Gasteiger partial charge in [0.15, 0.2) is 0 Å². The zero-order chi connectivity index (χ0) is 40.3. The first-order chi connectivity index (χ1) is 30.3. The fourth-order valence-electron chi connectivity index (χ4n) is 10.1. The lowest BCUT2D eigenvalue weighted by Crippen LogP contribution is -2.28. The van der Waals surface area contributed by atoms with Crippen LogP contribution in [-0.4, -0.2) is 0 Å². The van der Waals surface area contributed by atoms with E-state index in [1.165, 1.54) is 49.7 Å². The first-order valence-electron chi connectivity index (χ1n) is 21.0. The third kappa shape index (κ3) is 5.50. The van der Waals surface area contributed by atoms with Crippen LogP contribution in [-0.2, 0) is 5.41 Å². The van der Waals surface area contributed by atoms with Crippen LogP contribution in [0.4, 0.5) is 17.1 Å². The van der Waals surface area contributed by atoms with Crippen molar-refractivity contribution in [1.29, 1.82) is 0 Å². The number of hydrogen-bond donors (Lipinski definition) is 0. The minimum atomic E-state index is -0.532. The third-order valence-electron chi connectivity index (χ3n) is 12.7. The molecule has 0 bridgehead atoms. The highest BCUT2D eigenvalue weighted by molar-refractivity contribution is 6.07. The van der Waals surface area contributed by atoms with E-state index in [1.54, 1.807) is 0 Å². The molecule has 0 aliphatic heterocycles. The summed E-state index contributed by atoms with van der Waals surface area (Å²) in [6.07, 6.45) is 0. The lowest BCUT2D eigenvalue weighted by atomic mass is 9.68. The topological polar surface area (TPSA) is 16.4 Å². The van der Waals surface area contributed by atoms with Crippen LogP contribution in [0.5, 0.6) is 0 Å². The molecule has 0 atom stereocenters. The van der Waals surface area contributed by atoms with Gasteiger partial charge in [0.2, 0.25) is 0 Å². The van der Waals surface area contributed by atoms with Crippen LogP contribution in [0.2, 0.25) is 0 Å². The standard InChI is InChI=1S/C59H39NO/c1-3-20-45(21-4-1)59(46-22-5-2-6-23-46)52-28-12-9-27-50(52)58-53(59)29-16-31-55(58)60(47-24-15-19-42(38-47)43-34-33-40-17-7-8-18-41(40)37-43)54-30-13-10-25-48(54)44-35-36-57-51(39-44)49-26-11-14-32-56(49)61-57/h1-39H. The summed E-state index contributed by atoms with van der Waals surface area (Å²) in [5.41, 5.74) is 16.7. The average Bonchev–Trinajstić information content (AvgIpc) is 3.86. The summed E-state index contributed by atoms with van der Waals surface area (Å²) in [5.74, 6) is 0. The quantitative estimate of drug-likeness (QED) is 0.160. The smallest absolute Gasteiger partial charge is 0.135 e. The van der Waals surface area contributed by atoms with Crippen molar-refractivity contribution in [2.75, 3.05) is 4.90 Å². The summed E-state index contributed by atoms with van der Waals surface area (Å²) in [6.45, 7) is 0. The number of fused-ring (bicyclic) bond motifs is 7. The maximum absolute atomic E-state index is 6.31. The number of rotatable bonds is 7. The van der Waals surface area contributed by atoms with Crippen molar-refractivity contribution < 1.29 is 4.42 Å². The molecule has 11 aromatic rings. The van der Waals surface area contributed by atoms with Gasteiger partial charge in [0.05, 0.1) is 16.8 Å². The molecule has 0 radical (unpaired) electrons. The number of furan rings is 1. The van der Waals surface area contributed by atoms with Crippen LogP contribution in [0.1, 0.15) is 22.3 Å². The molecule has 0 saturated carbocycles. The molecule has 0 fully saturated rings. The SMILES string of the molecule is c1ccc(C2(c3ccccc3)c3ccccc3-c3c(N(c4cccc(-c5ccc6ccccc6c5)c4)c4ccccc4-c4ccc5oc6ccccc6c5c4)cccc32)cc1. The lowest BCUT2D eigenvalue weighted by Gasteiger charge is -2.34. The molecule has 286 valence electrons. The van der Waals surface area contributed by atoms with Gasteiger partial charge in [0, 0.05) is 27.6 Å². The first-order valence-corrected chi connectivity index (χ1v) is 21.0. The molecule has 2 heteroatoms. The van der Waals surface area contributed by atoms with Gasteiger partial charge in [-0.2, -0.15) is 0 Å². The predicted molar refractivity (Wildman–Crippen MR) is 254 cm³/mol. The monoisotopic (exact) mass is 777 g/mol. The Kier molecular flexibility index (Phi) is 8.11. The van der Waals surface area contributed by atoms with Gasteiger partial charge in [0.25, 0.3) is 0 Å². The van der Waals surface area contributed by atoms with Crippen molar-refractivity contribution in [3.63, 3.8) is 0 Å². The lowest BCUT2D eigenvalue weighted by molar-refractivity contribution is 0.669. The van der Waals surface area contributed by atoms with Gasteiger partial charge < -0.3 is 9.32 Å². The Morgan fingerprint density at radius 1 is 0.344 bits per heavy atom. The Hall–Kier alpha value is -7.94. The van der Waals surface area contributed by atoms with E-state index in [0.29, 0.717) is 0 Å². The average molecular weight is 778 g/mol. The second-order valence-electron chi connectivity index (χ2n) is 16.0. The number of para-hydroxylation sites is 2. The number of hydrogen-bond acceptors (Lipinski definition) is 2. The fourth-order valence-corrected chi connectivity index (χ4v) is 10.1. The number of anilines is 3. The van der Waals surface area contributed by atoms with Crippen LogP contribution in [0.3, 0.4) is 0 Å². The van der Waals surface area contributed by atoms with Gasteiger partial charge in [-0.1, -0.05) is 188 Å². The summed E-state index contributed by atoms with van der Waals surface area (Å²) in [5, 5.41) is 4.69. The van der Waals surface area contributed by atoms with Gasteiger partial charge in [-0.05, 0) is 104 Å². The van der Waals surface area contributed by atoms with E-state index in [1.807, 2.05) is 12.1 Å². The fraction of sp³-hybridized carbons (Fsp3) is 0.0169. The molecule has 0 amide bonds. The van der Waals surface area contributed by atoms with Crippen molar-refractivity contribution in [1.82, 2.24) is 0 Å². The summed E-state index contributed by atoms with van der Waals surface area (Å²) in [4.78, 5) is 2.50. The van der Waals surface area contributed by atoms with Crippen molar-refractivity contribution in [3.8, 4) is 33.4 Å². The number of benzene rings is 10. The molecule has 10 aromatic carbocycles. The third-order valence-corrected chi connectivity index (χ3v) is 12.7. The van der Waals surface area contributed by atoms with Crippen LogP contribution in [0.15, 0.2) is 241 Å². The van der Waals surface area contributed by atoms with E-state index < -0.39 is 5.41 Å². The van der Waals surface area contributed by atoms with Crippen molar-refractivity contribution >= 4 is 49.8 Å². The van der Waals surface area contributed by atoms with Crippen LogP contribution in [0, 0.1) is 0 Å². The molecule has 2 nitrogen and oxygen atoms in total. The van der Waals surface area contributed by atoms with E-state index in [-0.39, 0.29) is 0 Å². The van der Waals surface area contributed by atoms with Crippen molar-refractivity contribution in [2.45, 2.75) is 5.41 Å². The Balaban J connectivity index is 1.14. The maximum Gasteiger partial charge on any atom is 0.135 e. The van der Waals surface area contributed by atoms with E-state index >= 15 is 0 Å². The Morgan fingerprint density at radius 3 is 1.79 bits per heavy atom. The highest BCUT2D eigenvalue weighted by Crippen LogP contribution is 2.60. The molecular formula is C59H39NO. The molecule has 0 spiro atoms. The summed E-state index contributed by atoms with van der Waals surface area (Å²) >= 11 is 0. The maximum atomic E-state index is 6.31. The Labute approximate surface area is 355 Å². The predicted octanol–water partition coefficient (Wildman–Crippen LogP) is 15.9. The van der Waals surface area contributed by atoms with Crippen molar-refractivity contribution in [3.05, 3.63) is 259 Å². The molecule has 1 aliphatic carbocycles. The zero-order valence-electron chi connectivity index (χ0n) is 33.4. The second kappa shape index (κ2) is 14.1. The van der Waals surface area contributed by atoms with E-state index in [2.05, 4.69) is 229 Å². The Morgan fingerprint density at radius 2 is 0.951 bits per heavy atom. The molecule has 1 aromatic heterocycles. The van der Waals surface area contributed by atoms with Gasteiger partial charge in [-0.15, -0.1) is 0 Å². The normalized spacial score (nSPS) is 12.7. The molecule has 12 rings (SSSR count). The zero-order valence-corrected chi connectivity index (χ0v) is 33.4. The minimum Gasteiger partial charge on any atom is -0.456 e. The molecule has 0 saturated heterocycles. The second-order valence-corrected chi connectivity index (χ2v) is 16.0. The largest absolute Gasteiger partial charge is 0.456 e. The summed E-state index contributed by atoms with van der Waals surface area (Å²) in [6, 6.07) is 86.3. The highest BCUT2D eigenvalue weighted by Gasteiger charge is 2.47. The molecule has 0 unspecified atom stereocenters. The van der Waals surface area contributed by atoms with E-state index in [0.717, 1.165) is 55.7 Å². The van der Waals surface area contributed by atoms with Crippen LogP contribution in [0.25, 0.3) is 66.1 Å². The molecular weight excluding hydrogens is 739 g/mol. The molecule has 61 heavy (non-hydrogen) atoms. The molecule has 1 aliphatic rings. The molecule has 1 heterocycles. The van der Waals surface area contributed by atoms with E-state index in [9.17, 15) is 0 Å². The van der Waals surface area contributed by atoms with Gasteiger partial charge in [0.1, 0.15) is 11.2 Å². The summed E-state index contributed by atoms with van der Waals surface area (Å²) in [7, 11) is 0. The van der Waals surface area contributed by atoms with Gasteiger partial charge in [-0.3, -0.25) is 0 Å². The van der Waals surface area contributed by atoms with Crippen LogP contribution < -0.4 is 4.90 Å². The molecule has 0 N–H and O–H groups in total. The first kappa shape index (κ1) is 35.0. The Bertz CT molecular complexity index is 3400. The van der Waals surface area contributed by atoms with Crippen LogP contribution >= 0.6 is 0 Å². The van der Waals surface area contributed by atoms with Gasteiger partial charge in [-0.25, -0.2) is 0 Å². The van der Waals surface area contributed by atoms with Crippen molar-refractivity contribution in [2.24, 2.45) is 0 Å². The van der Waals surface area contributed by atoms with E-state index in [4.69, 9.17) is 4.42 Å². The number of nitrogens with zero attached hydrogens (tertiary/aromatic N) is 1. The van der Waals surface area contributed by atoms with Gasteiger partial charge >= 0.3 is 0 Å². The minimum absolute atomic E-state index is 0.532.